The second-order valence-corrected chi connectivity index (χ2v) is 35.0. The van der Waals surface area contributed by atoms with E-state index in [9.17, 15) is 43.5 Å². The largest absolute Gasteiger partial charge is 0.472 e. The molecule has 5 unspecified atom stereocenters. The fourth-order valence-electron chi connectivity index (χ4n) is 13.1. The maximum absolute atomic E-state index is 13.1. The van der Waals surface area contributed by atoms with E-state index in [-0.39, 0.29) is 19.3 Å². The molecule has 0 aliphatic carbocycles. The number of rotatable bonds is 91. The number of ether oxygens (including phenoxy) is 3. The summed E-state index contributed by atoms with van der Waals surface area (Å²) in [6.45, 7) is 2.55. The number of hydrogen-bond acceptors (Lipinski definition) is 14. The summed E-state index contributed by atoms with van der Waals surface area (Å²) in [5, 5.41) is 20.8. The molecule has 0 heterocycles. The first kappa shape index (κ1) is 116. The number of phosphoric ester groups is 2. The molecule has 0 radical (unpaired) electrons. The van der Waals surface area contributed by atoms with Crippen LogP contribution in [0, 0.1) is 0 Å². The first-order chi connectivity index (χ1) is 59.2. The number of unbranched alkanes of at least 4 members (excludes halogenated alkanes) is 40. The summed E-state index contributed by atoms with van der Waals surface area (Å²) in [6, 6.07) is 0. The van der Waals surface area contributed by atoms with E-state index >= 15 is 0 Å². The van der Waals surface area contributed by atoms with Crippen LogP contribution in [0.25, 0.3) is 0 Å². The molecule has 18 heteroatoms. The summed E-state index contributed by atoms with van der Waals surface area (Å²) < 4.78 is 61.6. The van der Waals surface area contributed by atoms with Gasteiger partial charge in [-0.05, 0) is 161 Å². The molecular weight excluding hydrogens is 1560 g/mol. The Labute approximate surface area is 739 Å². The summed E-state index contributed by atoms with van der Waals surface area (Å²) in [5.74, 6) is -1.58. The second kappa shape index (κ2) is 94.1. The van der Waals surface area contributed by atoms with Crippen LogP contribution in [0.5, 0.6) is 0 Å². The Bertz CT molecular complexity index is 2880. The number of aliphatic hydroxyl groups excluding tert-OH is 2. The molecule has 694 valence electrons. The van der Waals surface area contributed by atoms with Crippen LogP contribution >= 0.6 is 15.6 Å². The van der Waals surface area contributed by atoms with Crippen molar-refractivity contribution in [1.29, 1.82) is 0 Å². The zero-order chi connectivity index (χ0) is 87.9. The van der Waals surface area contributed by atoms with E-state index in [4.69, 9.17) is 32.3 Å². The molecule has 5 atom stereocenters. The molecule has 0 aromatic heterocycles. The summed E-state index contributed by atoms with van der Waals surface area (Å²) in [5.41, 5.74) is 0. The number of carbonyl (C=O) groups is 3. The Balaban J connectivity index is 4.61. The van der Waals surface area contributed by atoms with Crippen molar-refractivity contribution < 1.29 is 75.8 Å². The van der Waals surface area contributed by atoms with E-state index in [1.165, 1.54) is 180 Å². The highest BCUT2D eigenvalue weighted by atomic mass is 31.2. The lowest BCUT2D eigenvalue weighted by molar-refractivity contribution is -0.161. The van der Waals surface area contributed by atoms with Gasteiger partial charge in [0.05, 0.1) is 26.4 Å². The molecular formula is C103H176O16P2. The van der Waals surface area contributed by atoms with E-state index in [2.05, 4.69) is 191 Å². The Morgan fingerprint density at radius 2 is 0.438 bits per heavy atom. The zero-order valence-electron chi connectivity index (χ0n) is 76.6. The smallest absolute Gasteiger partial charge is 0.463 e. The molecule has 0 saturated carbocycles. The number of esters is 3. The molecule has 121 heavy (non-hydrogen) atoms. The summed E-state index contributed by atoms with van der Waals surface area (Å²) in [4.78, 5) is 59.1. The third-order valence-electron chi connectivity index (χ3n) is 20.4. The van der Waals surface area contributed by atoms with Crippen LogP contribution in [0.15, 0.2) is 170 Å². The van der Waals surface area contributed by atoms with Crippen molar-refractivity contribution in [2.75, 3.05) is 39.6 Å². The van der Waals surface area contributed by atoms with Gasteiger partial charge in [-0.1, -0.05) is 396 Å². The summed E-state index contributed by atoms with van der Waals surface area (Å²) in [7, 11) is -9.82. The van der Waals surface area contributed by atoms with Gasteiger partial charge < -0.3 is 34.2 Å². The van der Waals surface area contributed by atoms with Gasteiger partial charge in [0, 0.05) is 19.3 Å². The van der Waals surface area contributed by atoms with Crippen molar-refractivity contribution in [3.05, 3.63) is 170 Å². The zero-order valence-corrected chi connectivity index (χ0v) is 78.4. The maximum Gasteiger partial charge on any atom is 0.472 e. The first-order valence-corrected chi connectivity index (χ1v) is 51.4. The van der Waals surface area contributed by atoms with Crippen LogP contribution < -0.4 is 0 Å². The topological polar surface area (TPSA) is 231 Å². The average Bonchev–Trinajstić information content (AvgIpc) is 0.895. The normalized spacial score (nSPS) is 14.5. The van der Waals surface area contributed by atoms with Gasteiger partial charge in [-0.25, -0.2) is 9.13 Å². The van der Waals surface area contributed by atoms with Crippen LogP contribution in [0.4, 0.5) is 0 Å². The van der Waals surface area contributed by atoms with Crippen molar-refractivity contribution in [3.8, 4) is 0 Å². The van der Waals surface area contributed by atoms with Crippen LogP contribution in [0.2, 0.25) is 0 Å². The fraction of sp³-hybridized carbons (Fsp3) is 0.699. The minimum absolute atomic E-state index is 0.0907. The van der Waals surface area contributed by atoms with Gasteiger partial charge in [0.25, 0.3) is 0 Å². The number of phosphoric acid groups is 2. The van der Waals surface area contributed by atoms with E-state index in [1.807, 2.05) is 0 Å². The number of allylic oxidation sites excluding steroid dienone is 28. The predicted molar refractivity (Wildman–Crippen MR) is 509 cm³/mol. The lowest BCUT2D eigenvalue weighted by Crippen LogP contribution is -2.30. The quantitative estimate of drug-likeness (QED) is 0.0146. The van der Waals surface area contributed by atoms with Crippen LogP contribution in [-0.2, 0) is 55.8 Å². The molecule has 0 fully saturated rings. The molecule has 0 amide bonds. The van der Waals surface area contributed by atoms with Gasteiger partial charge in [0.15, 0.2) is 6.10 Å². The monoisotopic (exact) mass is 1730 g/mol. The summed E-state index contributed by atoms with van der Waals surface area (Å²) >= 11 is 0. The highest BCUT2D eigenvalue weighted by Crippen LogP contribution is 2.45. The van der Waals surface area contributed by atoms with E-state index < -0.39 is 91.5 Å². The number of hydrogen-bond donors (Lipinski definition) is 4. The minimum atomic E-state index is -4.95. The van der Waals surface area contributed by atoms with E-state index in [0.29, 0.717) is 19.3 Å². The van der Waals surface area contributed by atoms with Gasteiger partial charge in [-0.15, -0.1) is 0 Å². The van der Waals surface area contributed by atoms with Crippen molar-refractivity contribution >= 4 is 33.6 Å². The summed E-state index contributed by atoms with van der Waals surface area (Å²) in [6.07, 6.45) is 123. The van der Waals surface area contributed by atoms with Gasteiger partial charge in [0.2, 0.25) is 0 Å². The predicted octanol–water partition coefficient (Wildman–Crippen LogP) is 30.2. The average molecular weight is 1730 g/mol. The second-order valence-electron chi connectivity index (χ2n) is 32.1. The molecule has 0 saturated heterocycles. The molecule has 0 aromatic carbocycles. The Kier molecular flexibility index (Phi) is 90.1. The van der Waals surface area contributed by atoms with Crippen molar-refractivity contribution in [2.45, 2.75) is 424 Å². The molecule has 0 aromatic rings. The van der Waals surface area contributed by atoms with E-state index in [1.54, 1.807) is 0 Å². The molecule has 16 nitrogen and oxygen atoms in total. The van der Waals surface area contributed by atoms with E-state index in [0.717, 1.165) is 167 Å². The highest BCUT2D eigenvalue weighted by molar-refractivity contribution is 7.47. The van der Waals surface area contributed by atoms with Crippen molar-refractivity contribution in [1.82, 2.24) is 0 Å². The maximum atomic E-state index is 13.1. The van der Waals surface area contributed by atoms with Crippen molar-refractivity contribution in [3.63, 3.8) is 0 Å². The first-order valence-electron chi connectivity index (χ1n) is 48.4. The molecule has 0 bridgehead atoms. The lowest BCUT2D eigenvalue weighted by Gasteiger charge is -2.21. The molecule has 4 N–H and O–H groups in total. The molecule has 0 aliphatic heterocycles. The molecule has 0 spiro atoms. The number of carbonyl (C=O) groups excluding carboxylic acids is 3. The van der Waals surface area contributed by atoms with Gasteiger partial charge in [-0.2, -0.15) is 0 Å². The van der Waals surface area contributed by atoms with Crippen LogP contribution in [0.3, 0.4) is 0 Å². The number of aliphatic hydroxyl groups is 2. The Morgan fingerprint density at radius 3 is 0.694 bits per heavy atom. The molecule has 0 aliphatic rings. The SMILES string of the molecule is CC/C=C\C/C=C\C/C=C\C/C=C\C/C=C\C/C=C\CCCCCCCCCCC(=O)OCC(COP(=O)(O)OCC(O)COP(=O)(O)OCC(O)COC(=O)CCCCCCCCCCCCCCCCCCC/C=C\C/C=C\C/C=C\C/C=C\CCCCC)OC(=O)CCCCCCCCCCC/C=C\C/C=C\C/C=C\C/C=C\CCCCC. The lowest BCUT2D eigenvalue weighted by atomic mass is 10.0. The third-order valence-corrected chi connectivity index (χ3v) is 22.3. The van der Waals surface area contributed by atoms with Crippen LogP contribution in [0.1, 0.15) is 406 Å². The third kappa shape index (κ3) is 95.4. The van der Waals surface area contributed by atoms with Gasteiger partial charge in [-0.3, -0.25) is 32.5 Å². The Morgan fingerprint density at radius 1 is 0.240 bits per heavy atom. The van der Waals surface area contributed by atoms with Gasteiger partial charge >= 0.3 is 33.6 Å². The fourth-order valence-corrected chi connectivity index (χ4v) is 14.7. The highest BCUT2D eigenvalue weighted by Gasteiger charge is 2.30. The standard InChI is InChI=1S/C103H176O16P2/c1-4-7-10-13-16-19-22-25-28-31-34-37-40-43-45-46-47-48-49-50-52-55-56-59-62-65-68-71-74-77-80-83-86-89-101(106)113-92-98(104)93-115-120(109,110)116-94-99(105)95-117-121(111,112)118-97-100(119-103(108)91-88-85-82-79-76-73-70-67-64-61-58-53-42-39-36-33-30-27-24-21-18-15-12-9-6-3)96-114-102(107)90-87-84-81-78-75-72-69-66-63-60-57-54-51-44-41-38-35-32-29-26-23-20-17-14-11-8-5-2/h8,11,16-21,25-30,34-39,43-45,51,53,57-58,60,98-100,104-105H,4-7,9-10,12-15,22-24,31-33,40-42,46-50,52,54-56,59,61-97H2,1-3H3,(H,109,110)(H,111,112)/b11-8-,19-16-,20-17-,21-18-,28-25-,29-26-,30-27-,37-34-,38-35-,39-36-,45-43-,51-44-,58-53-,60-57-. The minimum Gasteiger partial charge on any atom is -0.463 e. The van der Waals surface area contributed by atoms with Gasteiger partial charge in [0.1, 0.15) is 25.4 Å². The Hall–Kier alpha value is -5.09. The van der Waals surface area contributed by atoms with Crippen LogP contribution in [-0.4, -0.2) is 95.9 Å². The molecule has 0 rings (SSSR count). The van der Waals surface area contributed by atoms with Crippen molar-refractivity contribution in [2.24, 2.45) is 0 Å².